The molecule has 2 N–H and O–H groups in total. The number of pyridine rings is 1. The smallest absolute Gasteiger partial charge is 0.251 e. The molecule has 1 atom stereocenters. The van der Waals surface area contributed by atoms with Gasteiger partial charge < -0.3 is 15.4 Å². The monoisotopic (exact) mass is 369 g/mol. The van der Waals surface area contributed by atoms with Gasteiger partial charge in [0.25, 0.3) is 5.91 Å². The third-order valence-corrected chi connectivity index (χ3v) is 3.66. The maximum atomic E-state index is 12.1. The molecule has 5 nitrogen and oxygen atoms in total. The van der Waals surface area contributed by atoms with E-state index in [0.29, 0.717) is 29.6 Å². The van der Waals surface area contributed by atoms with E-state index in [1.165, 1.54) is 6.42 Å². The molecule has 0 radical (unpaired) electrons. The largest absolute Gasteiger partial charge is 0.456 e. The summed E-state index contributed by atoms with van der Waals surface area (Å²) in [6.07, 6.45) is 5.65. The first-order valence-corrected chi connectivity index (χ1v) is 7.51. The van der Waals surface area contributed by atoms with Crippen LogP contribution < -0.4 is 15.4 Å². The second kappa shape index (κ2) is 10.1. The third kappa shape index (κ3) is 5.67. The van der Waals surface area contributed by atoms with Crippen LogP contribution in [0.4, 0.5) is 0 Å². The van der Waals surface area contributed by atoms with Crippen molar-refractivity contribution in [3.63, 3.8) is 0 Å². The zero-order valence-corrected chi connectivity index (χ0v) is 14.7. The minimum Gasteiger partial charge on any atom is -0.456 e. The molecule has 2 heterocycles. The Kier molecular flexibility index (Phi) is 8.54. The van der Waals surface area contributed by atoms with Gasteiger partial charge in [-0.15, -0.1) is 24.8 Å². The standard InChI is InChI=1S/C17H19N3O2.2ClH/c21-17(20-11-14-3-1-10-19-14)13-5-7-15(8-6-13)22-16-4-2-9-18-12-16;;/h2,4-9,12,14,19H,1,3,10-11H2,(H,20,21);2*1H. The molecule has 1 saturated heterocycles. The van der Waals surface area contributed by atoms with Crippen molar-refractivity contribution in [2.75, 3.05) is 13.1 Å². The van der Waals surface area contributed by atoms with Crippen molar-refractivity contribution in [3.8, 4) is 11.5 Å². The number of nitrogens with one attached hydrogen (secondary N) is 2. The summed E-state index contributed by atoms with van der Waals surface area (Å²) >= 11 is 0. The summed E-state index contributed by atoms with van der Waals surface area (Å²) in [4.78, 5) is 16.1. The van der Waals surface area contributed by atoms with Crippen molar-refractivity contribution in [2.45, 2.75) is 18.9 Å². The Morgan fingerprint density at radius 2 is 2.00 bits per heavy atom. The van der Waals surface area contributed by atoms with E-state index < -0.39 is 0 Å². The lowest BCUT2D eigenvalue weighted by Crippen LogP contribution is -2.37. The number of hydrogen-bond acceptors (Lipinski definition) is 4. The molecule has 0 bridgehead atoms. The van der Waals surface area contributed by atoms with E-state index in [1.807, 2.05) is 12.1 Å². The van der Waals surface area contributed by atoms with Crippen LogP contribution in [0.3, 0.4) is 0 Å². The molecule has 1 aliphatic heterocycles. The molecule has 1 aromatic heterocycles. The number of benzene rings is 1. The van der Waals surface area contributed by atoms with Crippen molar-refractivity contribution in [3.05, 3.63) is 54.4 Å². The summed E-state index contributed by atoms with van der Waals surface area (Å²) in [5, 5.41) is 6.32. The Balaban J connectivity index is 0.00000144. The lowest BCUT2D eigenvalue weighted by Gasteiger charge is -2.11. The Morgan fingerprint density at radius 3 is 2.62 bits per heavy atom. The van der Waals surface area contributed by atoms with Crippen LogP contribution in [-0.2, 0) is 0 Å². The quantitative estimate of drug-likeness (QED) is 0.849. The summed E-state index contributed by atoms with van der Waals surface area (Å²) in [6.45, 7) is 1.72. The molecule has 3 rings (SSSR count). The molecule has 7 heteroatoms. The van der Waals surface area contributed by atoms with Crippen LogP contribution in [-0.4, -0.2) is 30.0 Å². The van der Waals surface area contributed by atoms with Gasteiger partial charge in [0.1, 0.15) is 11.5 Å². The average molecular weight is 370 g/mol. The number of nitrogens with zero attached hydrogens (tertiary/aromatic N) is 1. The molecule has 1 aromatic carbocycles. The lowest BCUT2D eigenvalue weighted by molar-refractivity contribution is 0.0950. The van der Waals surface area contributed by atoms with Gasteiger partial charge in [0.15, 0.2) is 0 Å². The number of hydrogen-bond donors (Lipinski definition) is 2. The highest BCUT2D eigenvalue weighted by Crippen LogP contribution is 2.20. The van der Waals surface area contributed by atoms with Crippen LogP contribution in [0.1, 0.15) is 23.2 Å². The summed E-state index contributed by atoms with van der Waals surface area (Å²) in [6, 6.07) is 11.2. The Labute approximate surface area is 154 Å². The molecule has 1 aliphatic rings. The highest BCUT2D eigenvalue weighted by molar-refractivity contribution is 5.94. The number of carbonyl (C=O) groups is 1. The highest BCUT2D eigenvalue weighted by atomic mass is 35.5. The van der Waals surface area contributed by atoms with Gasteiger partial charge >= 0.3 is 0 Å². The van der Waals surface area contributed by atoms with E-state index >= 15 is 0 Å². The minimum absolute atomic E-state index is 0. The predicted molar refractivity (Wildman–Crippen MR) is 98.6 cm³/mol. The van der Waals surface area contributed by atoms with Crippen molar-refractivity contribution >= 4 is 30.7 Å². The normalized spacial score (nSPS) is 15.8. The van der Waals surface area contributed by atoms with E-state index in [-0.39, 0.29) is 30.7 Å². The number of aromatic nitrogens is 1. The van der Waals surface area contributed by atoms with E-state index in [1.54, 1.807) is 36.7 Å². The van der Waals surface area contributed by atoms with Crippen molar-refractivity contribution < 1.29 is 9.53 Å². The van der Waals surface area contributed by atoms with Crippen LogP contribution in [0.25, 0.3) is 0 Å². The van der Waals surface area contributed by atoms with Gasteiger partial charge in [0.2, 0.25) is 0 Å². The van der Waals surface area contributed by atoms with Gasteiger partial charge in [-0.2, -0.15) is 0 Å². The van der Waals surface area contributed by atoms with Gasteiger partial charge in [-0.1, -0.05) is 0 Å². The first-order chi connectivity index (χ1) is 10.8. The Hall–Kier alpha value is -1.82. The molecule has 24 heavy (non-hydrogen) atoms. The van der Waals surface area contributed by atoms with Crippen LogP contribution in [0, 0.1) is 0 Å². The van der Waals surface area contributed by atoms with Crippen LogP contribution in [0.2, 0.25) is 0 Å². The zero-order chi connectivity index (χ0) is 15.2. The molecular weight excluding hydrogens is 349 g/mol. The summed E-state index contributed by atoms with van der Waals surface area (Å²) < 4.78 is 5.65. The summed E-state index contributed by atoms with van der Waals surface area (Å²) in [5.41, 5.74) is 0.636. The topological polar surface area (TPSA) is 63.2 Å². The fraction of sp³-hybridized carbons (Fsp3) is 0.294. The molecule has 130 valence electrons. The fourth-order valence-corrected chi connectivity index (χ4v) is 2.47. The maximum Gasteiger partial charge on any atom is 0.251 e. The second-order valence-corrected chi connectivity index (χ2v) is 5.32. The van der Waals surface area contributed by atoms with Crippen molar-refractivity contribution in [1.29, 1.82) is 0 Å². The maximum absolute atomic E-state index is 12.1. The molecule has 1 unspecified atom stereocenters. The van der Waals surface area contributed by atoms with Crippen LogP contribution >= 0.6 is 24.8 Å². The fourth-order valence-electron chi connectivity index (χ4n) is 2.47. The lowest BCUT2D eigenvalue weighted by atomic mass is 10.2. The van der Waals surface area contributed by atoms with Gasteiger partial charge in [-0.3, -0.25) is 9.78 Å². The van der Waals surface area contributed by atoms with E-state index in [4.69, 9.17) is 4.74 Å². The second-order valence-electron chi connectivity index (χ2n) is 5.32. The molecule has 0 spiro atoms. The number of amides is 1. The minimum atomic E-state index is -0.0540. The Bertz CT molecular complexity index is 617. The molecule has 0 aliphatic carbocycles. The number of ether oxygens (including phenoxy) is 1. The van der Waals surface area contributed by atoms with E-state index in [0.717, 1.165) is 13.0 Å². The van der Waals surface area contributed by atoms with Gasteiger partial charge in [0.05, 0.1) is 6.20 Å². The van der Waals surface area contributed by atoms with Crippen LogP contribution in [0.15, 0.2) is 48.8 Å². The third-order valence-electron chi connectivity index (χ3n) is 3.66. The number of rotatable bonds is 5. The van der Waals surface area contributed by atoms with Gasteiger partial charge in [-0.25, -0.2) is 0 Å². The number of carbonyl (C=O) groups excluding carboxylic acids is 1. The summed E-state index contributed by atoms with van der Waals surface area (Å²) in [5.74, 6) is 1.30. The Morgan fingerprint density at radius 1 is 1.21 bits per heavy atom. The van der Waals surface area contributed by atoms with Gasteiger partial charge in [-0.05, 0) is 55.8 Å². The highest BCUT2D eigenvalue weighted by Gasteiger charge is 2.15. The van der Waals surface area contributed by atoms with Gasteiger partial charge in [0, 0.05) is 24.3 Å². The molecule has 0 saturated carbocycles. The number of halogens is 2. The SMILES string of the molecule is Cl.Cl.O=C(NCC1CCCN1)c1ccc(Oc2cccnc2)cc1. The predicted octanol–water partition coefficient (Wildman–Crippen LogP) is 3.20. The zero-order valence-electron chi connectivity index (χ0n) is 13.1. The van der Waals surface area contributed by atoms with E-state index in [9.17, 15) is 4.79 Å². The molecule has 1 amide bonds. The molecule has 2 aromatic rings. The summed E-state index contributed by atoms with van der Waals surface area (Å²) in [7, 11) is 0. The average Bonchev–Trinajstić information content (AvgIpc) is 3.08. The van der Waals surface area contributed by atoms with Crippen molar-refractivity contribution in [1.82, 2.24) is 15.6 Å². The van der Waals surface area contributed by atoms with E-state index in [2.05, 4.69) is 15.6 Å². The molecule has 1 fully saturated rings. The first-order valence-electron chi connectivity index (χ1n) is 7.51. The van der Waals surface area contributed by atoms with Crippen molar-refractivity contribution in [2.24, 2.45) is 0 Å². The van der Waals surface area contributed by atoms with Crippen LogP contribution in [0.5, 0.6) is 11.5 Å². The molecular formula is C17H21Cl2N3O2. The first kappa shape index (κ1) is 20.2.